The Morgan fingerprint density at radius 1 is 1.12 bits per heavy atom. The minimum absolute atomic E-state index is 0. The predicted molar refractivity (Wildman–Crippen MR) is 90.9 cm³/mol. The third kappa shape index (κ3) is 3.66. The van der Waals surface area contributed by atoms with Crippen LogP contribution in [-0.4, -0.2) is 47.8 Å². The average molecular weight is 378 g/mol. The fourth-order valence-electron chi connectivity index (χ4n) is 3.19. The number of benzene rings is 1. The van der Waals surface area contributed by atoms with Crippen LogP contribution in [0.1, 0.15) is 5.56 Å². The van der Waals surface area contributed by atoms with Gasteiger partial charge in [0.15, 0.2) is 11.5 Å². The minimum Gasteiger partial charge on any atom is -1.00 e. The molecule has 4 rings (SSSR count). The molecule has 2 aliphatic heterocycles. The first-order chi connectivity index (χ1) is 12.2. The molecule has 0 spiro atoms. The summed E-state index contributed by atoms with van der Waals surface area (Å²) >= 11 is 0. The second kappa shape index (κ2) is 7.76. The summed E-state index contributed by atoms with van der Waals surface area (Å²) in [5.41, 5.74) is 1.23. The number of piperazine rings is 1. The van der Waals surface area contributed by atoms with Gasteiger partial charge in [-0.1, -0.05) is 6.07 Å². The molecule has 9 heteroatoms. The molecule has 0 atom stereocenters. The number of hydrogen-bond donors (Lipinski definition) is 0. The maximum absolute atomic E-state index is 11.2. The molecule has 2 aromatic rings. The van der Waals surface area contributed by atoms with Gasteiger partial charge in [0.1, 0.15) is 0 Å². The molecule has 0 amide bonds. The second-order valence-corrected chi connectivity index (χ2v) is 6.05. The molecule has 1 fully saturated rings. The van der Waals surface area contributed by atoms with E-state index in [1.165, 1.54) is 11.6 Å². The topological polar surface area (TPSA) is 81.0 Å². The Bertz CT molecular complexity index is 796. The maximum Gasteiger partial charge on any atom is 0.311 e. The third-order valence-electron chi connectivity index (χ3n) is 4.48. The van der Waals surface area contributed by atoms with Crippen LogP contribution in [0.2, 0.25) is 0 Å². The van der Waals surface area contributed by atoms with Crippen LogP contribution in [0.25, 0.3) is 0 Å². The molecule has 2 aliphatic rings. The quantitative estimate of drug-likeness (QED) is 0.501. The fourth-order valence-corrected chi connectivity index (χ4v) is 3.19. The summed E-state index contributed by atoms with van der Waals surface area (Å²) < 4.78 is 10.8. The van der Waals surface area contributed by atoms with Crippen molar-refractivity contribution in [2.24, 2.45) is 0 Å². The molecule has 0 N–H and O–H groups in total. The van der Waals surface area contributed by atoms with E-state index in [0.717, 1.165) is 31.1 Å². The van der Waals surface area contributed by atoms with Crippen molar-refractivity contribution >= 4 is 11.5 Å². The highest BCUT2D eigenvalue weighted by Crippen LogP contribution is 2.33. The van der Waals surface area contributed by atoms with Gasteiger partial charge in [-0.3, -0.25) is 15.0 Å². The van der Waals surface area contributed by atoms with Gasteiger partial charge in [0.25, 0.3) is 0 Å². The van der Waals surface area contributed by atoms with Crippen LogP contribution >= 0.6 is 0 Å². The van der Waals surface area contributed by atoms with E-state index in [2.05, 4.69) is 9.88 Å². The summed E-state index contributed by atoms with van der Waals surface area (Å²) in [5, 5.41) is 11.2. The number of fused-ring (bicyclic) bond motifs is 1. The zero-order valence-electron chi connectivity index (χ0n) is 14.0. The summed E-state index contributed by atoms with van der Waals surface area (Å²) in [6.07, 6.45) is 1.60. The zero-order valence-corrected chi connectivity index (χ0v) is 14.8. The number of nitro groups is 1. The van der Waals surface area contributed by atoms with E-state index < -0.39 is 0 Å². The van der Waals surface area contributed by atoms with Crippen molar-refractivity contribution in [3.05, 3.63) is 52.2 Å². The smallest absolute Gasteiger partial charge is 0.311 e. The van der Waals surface area contributed by atoms with Crippen molar-refractivity contribution in [1.29, 1.82) is 0 Å². The second-order valence-electron chi connectivity index (χ2n) is 6.05. The Morgan fingerprint density at radius 3 is 2.65 bits per heavy atom. The molecule has 0 aliphatic carbocycles. The summed E-state index contributed by atoms with van der Waals surface area (Å²) in [4.78, 5) is 19.3. The monoisotopic (exact) mass is 377 g/mol. The third-order valence-corrected chi connectivity index (χ3v) is 4.48. The lowest BCUT2D eigenvalue weighted by atomic mass is 10.1. The number of aromatic nitrogens is 1. The first-order valence-corrected chi connectivity index (χ1v) is 8.16. The van der Waals surface area contributed by atoms with E-state index in [0.29, 0.717) is 18.9 Å². The lowest BCUT2D eigenvalue weighted by Gasteiger charge is -2.35. The molecule has 3 heterocycles. The highest BCUT2D eigenvalue weighted by atomic mass is 35.5. The van der Waals surface area contributed by atoms with E-state index in [1.54, 1.807) is 12.3 Å². The van der Waals surface area contributed by atoms with Gasteiger partial charge >= 0.3 is 5.69 Å². The fraction of sp³-hybridized carbons (Fsp3) is 0.353. The van der Waals surface area contributed by atoms with E-state index in [4.69, 9.17) is 9.47 Å². The van der Waals surface area contributed by atoms with Crippen LogP contribution < -0.4 is 26.8 Å². The number of halogens is 1. The Labute approximate surface area is 156 Å². The molecule has 0 unspecified atom stereocenters. The van der Waals surface area contributed by atoms with Crippen LogP contribution in [0, 0.1) is 10.1 Å². The van der Waals surface area contributed by atoms with Crippen LogP contribution in [0.4, 0.5) is 11.5 Å². The first kappa shape index (κ1) is 18.2. The number of pyridine rings is 1. The van der Waals surface area contributed by atoms with E-state index >= 15 is 0 Å². The SMILES string of the molecule is O=[N+]([O-])c1cccnc1N1CCN(Cc2ccc3c(c2)OCO3)CC1.[Cl-]. The molecular weight excluding hydrogens is 360 g/mol. The molecule has 26 heavy (non-hydrogen) atoms. The van der Waals surface area contributed by atoms with Gasteiger partial charge in [-0.2, -0.15) is 0 Å². The van der Waals surface area contributed by atoms with Crippen molar-refractivity contribution < 1.29 is 26.8 Å². The van der Waals surface area contributed by atoms with E-state index in [-0.39, 0.29) is 29.8 Å². The molecule has 0 radical (unpaired) electrons. The molecule has 0 saturated carbocycles. The lowest BCUT2D eigenvalue weighted by Crippen LogP contribution is -3.00. The van der Waals surface area contributed by atoms with Gasteiger partial charge in [0, 0.05) is 45.0 Å². The summed E-state index contributed by atoms with van der Waals surface area (Å²) in [6.45, 7) is 4.16. The summed E-state index contributed by atoms with van der Waals surface area (Å²) in [7, 11) is 0. The highest BCUT2D eigenvalue weighted by molar-refractivity contribution is 5.57. The first-order valence-electron chi connectivity index (χ1n) is 8.16. The van der Waals surface area contributed by atoms with Crippen molar-refractivity contribution in [2.45, 2.75) is 6.54 Å². The van der Waals surface area contributed by atoms with Gasteiger partial charge in [0.2, 0.25) is 12.6 Å². The molecule has 8 nitrogen and oxygen atoms in total. The number of nitrogens with zero attached hydrogens (tertiary/aromatic N) is 4. The van der Waals surface area contributed by atoms with Crippen LogP contribution in [-0.2, 0) is 6.54 Å². The van der Waals surface area contributed by atoms with Crippen LogP contribution in [0.5, 0.6) is 11.5 Å². The van der Waals surface area contributed by atoms with Crippen LogP contribution in [0.15, 0.2) is 36.5 Å². The zero-order chi connectivity index (χ0) is 17.2. The van der Waals surface area contributed by atoms with E-state index in [9.17, 15) is 10.1 Å². The van der Waals surface area contributed by atoms with Gasteiger partial charge in [0.05, 0.1) is 4.92 Å². The van der Waals surface area contributed by atoms with Crippen molar-refractivity contribution in [2.75, 3.05) is 37.9 Å². The standard InChI is InChI=1S/C17H18N4O4.ClH/c22-21(23)14-2-1-5-18-17(14)20-8-6-19(7-9-20)11-13-3-4-15-16(10-13)25-12-24-15;/h1-5,10H,6-9,11-12H2;1H/p-1. The number of ether oxygens (including phenoxy) is 2. The average Bonchev–Trinajstić information content (AvgIpc) is 3.10. The van der Waals surface area contributed by atoms with Crippen molar-refractivity contribution in [3.8, 4) is 11.5 Å². The van der Waals surface area contributed by atoms with Gasteiger partial charge in [-0.15, -0.1) is 0 Å². The predicted octanol–water partition coefficient (Wildman–Crippen LogP) is -0.955. The highest BCUT2D eigenvalue weighted by Gasteiger charge is 2.25. The maximum atomic E-state index is 11.2. The molecular formula is C17H18ClN4O4-. The number of anilines is 1. The Hall–Kier alpha value is -2.58. The van der Waals surface area contributed by atoms with Crippen LogP contribution in [0.3, 0.4) is 0 Å². The van der Waals surface area contributed by atoms with Gasteiger partial charge in [-0.25, -0.2) is 4.98 Å². The van der Waals surface area contributed by atoms with Crippen molar-refractivity contribution in [1.82, 2.24) is 9.88 Å². The molecule has 1 saturated heterocycles. The van der Waals surface area contributed by atoms with Gasteiger partial charge < -0.3 is 26.8 Å². The Balaban J connectivity index is 0.00000196. The minimum atomic E-state index is -0.374. The van der Waals surface area contributed by atoms with Crippen molar-refractivity contribution in [3.63, 3.8) is 0 Å². The summed E-state index contributed by atoms with van der Waals surface area (Å²) in [5.74, 6) is 2.03. The molecule has 138 valence electrons. The lowest BCUT2D eigenvalue weighted by molar-refractivity contribution is -0.384. The number of rotatable bonds is 4. The Kier molecular flexibility index (Phi) is 5.43. The molecule has 1 aromatic heterocycles. The Morgan fingerprint density at radius 2 is 1.88 bits per heavy atom. The van der Waals surface area contributed by atoms with E-state index in [1.807, 2.05) is 23.1 Å². The molecule has 0 bridgehead atoms. The van der Waals surface area contributed by atoms with Gasteiger partial charge in [-0.05, 0) is 23.8 Å². The number of hydrogen-bond acceptors (Lipinski definition) is 7. The summed E-state index contributed by atoms with van der Waals surface area (Å²) in [6, 6.07) is 9.09. The largest absolute Gasteiger partial charge is 1.00 e. The molecule has 1 aromatic carbocycles. The normalized spacial score (nSPS) is 16.2.